The van der Waals surface area contributed by atoms with Crippen molar-refractivity contribution in [3.05, 3.63) is 83.0 Å². The smallest absolute Gasteiger partial charge is 0.416 e. The number of rotatable bonds is 4. The van der Waals surface area contributed by atoms with Crippen LogP contribution >= 0.6 is 0 Å². The molecular weight excluding hydrogens is 399 g/mol. The van der Waals surface area contributed by atoms with Crippen LogP contribution in [-0.2, 0) is 28.7 Å². The van der Waals surface area contributed by atoms with E-state index in [0.717, 1.165) is 17.7 Å². The van der Waals surface area contributed by atoms with Crippen molar-refractivity contribution < 1.29 is 27.5 Å². The van der Waals surface area contributed by atoms with Gasteiger partial charge in [0.1, 0.15) is 5.82 Å². The van der Waals surface area contributed by atoms with Gasteiger partial charge in [-0.25, -0.2) is 9.48 Å². The van der Waals surface area contributed by atoms with Crippen LogP contribution in [0.4, 0.5) is 19.0 Å². The number of carbonyl (C=O) groups is 2. The minimum absolute atomic E-state index is 0.161. The number of anilines is 1. The number of aromatic nitrogens is 2. The zero-order valence-corrected chi connectivity index (χ0v) is 15.5. The van der Waals surface area contributed by atoms with E-state index < -0.39 is 29.7 Å². The van der Waals surface area contributed by atoms with Crippen LogP contribution in [0.25, 0.3) is 0 Å². The van der Waals surface area contributed by atoms with E-state index in [1.165, 1.54) is 23.0 Å². The van der Waals surface area contributed by atoms with Crippen LogP contribution in [0.5, 0.6) is 0 Å². The summed E-state index contributed by atoms with van der Waals surface area (Å²) in [7, 11) is 0. The van der Waals surface area contributed by atoms with Gasteiger partial charge in [0.05, 0.1) is 23.9 Å². The topological polar surface area (TPSA) is 73.2 Å². The van der Waals surface area contributed by atoms with Crippen LogP contribution in [0.15, 0.2) is 60.8 Å². The van der Waals surface area contributed by atoms with E-state index in [-0.39, 0.29) is 13.0 Å². The van der Waals surface area contributed by atoms with Crippen molar-refractivity contribution in [1.82, 2.24) is 9.78 Å². The number of nitrogens with zero attached hydrogens (tertiary/aromatic N) is 2. The summed E-state index contributed by atoms with van der Waals surface area (Å²) >= 11 is 0. The molecule has 1 aromatic heterocycles. The Morgan fingerprint density at radius 2 is 1.87 bits per heavy atom. The second kappa shape index (κ2) is 7.66. The highest BCUT2D eigenvalue weighted by atomic mass is 19.4. The van der Waals surface area contributed by atoms with Gasteiger partial charge in [-0.2, -0.15) is 18.3 Å². The zero-order chi connectivity index (χ0) is 21.3. The third-order valence-corrected chi connectivity index (χ3v) is 4.77. The number of esters is 1. The summed E-state index contributed by atoms with van der Waals surface area (Å²) in [4.78, 5) is 24.7. The van der Waals surface area contributed by atoms with Gasteiger partial charge < -0.3 is 10.1 Å². The molecule has 0 fully saturated rings. The Labute approximate surface area is 169 Å². The number of fused-ring (bicyclic) bond motifs is 1. The molecule has 2 aromatic carbocycles. The third-order valence-electron chi connectivity index (χ3n) is 4.77. The first kappa shape index (κ1) is 19.7. The highest BCUT2D eigenvalue weighted by molar-refractivity contribution is 5.99. The predicted molar refractivity (Wildman–Crippen MR) is 101 cm³/mol. The van der Waals surface area contributed by atoms with Crippen molar-refractivity contribution in [1.29, 1.82) is 0 Å². The van der Waals surface area contributed by atoms with E-state index in [9.17, 15) is 22.8 Å². The number of hydrogen-bond acceptors (Lipinski definition) is 4. The molecule has 9 heteroatoms. The molecule has 1 aliphatic heterocycles. The first-order valence-electron chi connectivity index (χ1n) is 9.09. The molecule has 4 rings (SSSR count). The lowest BCUT2D eigenvalue weighted by molar-refractivity contribution is -0.137. The molecule has 2 heterocycles. The number of carbonyl (C=O) groups excluding carboxylic acids is 2. The maximum Gasteiger partial charge on any atom is 0.416 e. The van der Waals surface area contributed by atoms with Crippen LogP contribution in [0.3, 0.4) is 0 Å². The lowest BCUT2D eigenvalue weighted by atomic mass is 9.98. The van der Waals surface area contributed by atoms with Gasteiger partial charge in [0.2, 0.25) is 0 Å². The maximum absolute atomic E-state index is 12.7. The molecule has 0 bridgehead atoms. The van der Waals surface area contributed by atoms with E-state index in [0.29, 0.717) is 16.9 Å². The Kier molecular flexibility index (Phi) is 5.03. The normalized spacial score (nSPS) is 16.0. The van der Waals surface area contributed by atoms with Crippen LogP contribution < -0.4 is 5.32 Å². The number of amides is 1. The number of alkyl halides is 3. The maximum atomic E-state index is 12.7. The second-order valence-electron chi connectivity index (χ2n) is 6.81. The molecule has 3 aromatic rings. The van der Waals surface area contributed by atoms with Crippen molar-refractivity contribution in [2.24, 2.45) is 0 Å². The van der Waals surface area contributed by atoms with Crippen molar-refractivity contribution in [2.45, 2.75) is 25.2 Å². The molecule has 6 nitrogen and oxygen atoms in total. The van der Waals surface area contributed by atoms with Gasteiger partial charge in [-0.1, -0.05) is 30.3 Å². The number of cyclic esters (lactones) is 1. The van der Waals surface area contributed by atoms with Crippen LogP contribution in [0.1, 0.15) is 27.0 Å². The fourth-order valence-corrected chi connectivity index (χ4v) is 3.22. The average Bonchev–Trinajstić information content (AvgIpc) is 3.14. The van der Waals surface area contributed by atoms with Crippen molar-refractivity contribution in [2.75, 3.05) is 5.32 Å². The SMILES string of the molecule is O=C1O[C@@H](C(=O)Nc2ccnn2Cc2ccc(C(F)(F)F)cc2)Cc2ccccc21. The molecule has 0 unspecified atom stereocenters. The van der Waals surface area contributed by atoms with Crippen LogP contribution in [0, 0.1) is 0 Å². The van der Waals surface area contributed by atoms with E-state index in [2.05, 4.69) is 10.4 Å². The molecule has 1 N–H and O–H groups in total. The first-order chi connectivity index (χ1) is 14.3. The fraction of sp³-hybridized carbons (Fsp3) is 0.190. The van der Waals surface area contributed by atoms with Crippen molar-refractivity contribution >= 4 is 17.7 Å². The largest absolute Gasteiger partial charge is 0.448 e. The summed E-state index contributed by atoms with van der Waals surface area (Å²) < 4.78 is 44.8. The predicted octanol–water partition coefficient (Wildman–Crippen LogP) is 3.67. The Morgan fingerprint density at radius 1 is 1.13 bits per heavy atom. The van der Waals surface area contributed by atoms with Gasteiger partial charge in [0, 0.05) is 12.5 Å². The Hall–Kier alpha value is -3.62. The van der Waals surface area contributed by atoms with Crippen molar-refractivity contribution in [3.63, 3.8) is 0 Å². The lowest BCUT2D eigenvalue weighted by Gasteiger charge is -2.23. The monoisotopic (exact) mass is 415 g/mol. The number of ether oxygens (including phenoxy) is 1. The molecule has 1 aliphatic rings. The van der Waals surface area contributed by atoms with Gasteiger partial charge in [-0.05, 0) is 29.3 Å². The average molecular weight is 415 g/mol. The third kappa shape index (κ3) is 4.05. The van der Waals surface area contributed by atoms with E-state index in [1.54, 1.807) is 30.3 Å². The molecule has 0 spiro atoms. The quantitative estimate of drug-likeness (QED) is 0.660. The Morgan fingerprint density at radius 3 is 2.60 bits per heavy atom. The second-order valence-corrected chi connectivity index (χ2v) is 6.81. The van der Waals surface area contributed by atoms with Gasteiger partial charge in [-0.3, -0.25) is 4.79 Å². The van der Waals surface area contributed by atoms with Gasteiger partial charge in [-0.15, -0.1) is 0 Å². The zero-order valence-electron chi connectivity index (χ0n) is 15.5. The number of nitrogens with one attached hydrogen (secondary N) is 1. The first-order valence-corrected chi connectivity index (χ1v) is 9.09. The molecule has 0 aliphatic carbocycles. The molecular formula is C21H16F3N3O3. The Balaban J connectivity index is 1.45. The lowest BCUT2D eigenvalue weighted by Crippen LogP contribution is -2.38. The van der Waals surface area contributed by atoms with Gasteiger partial charge in [0.25, 0.3) is 5.91 Å². The molecule has 1 atom stereocenters. The molecule has 0 radical (unpaired) electrons. The van der Waals surface area contributed by atoms with Crippen molar-refractivity contribution in [3.8, 4) is 0 Å². The molecule has 1 amide bonds. The number of halogens is 3. The van der Waals surface area contributed by atoms with E-state index >= 15 is 0 Å². The van der Waals surface area contributed by atoms with Crippen LogP contribution in [-0.4, -0.2) is 27.8 Å². The molecule has 0 saturated carbocycles. The summed E-state index contributed by atoms with van der Waals surface area (Å²) in [5.74, 6) is -0.725. The summed E-state index contributed by atoms with van der Waals surface area (Å²) in [6.45, 7) is 0.161. The standard InChI is InChI=1S/C21H16F3N3O3/c22-21(23,24)15-7-5-13(6-8-15)12-27-18(9-10-25-27)26-19(28)17-11-14-3-1-2-4-16(14)20(29)30-17/h1-10,17H,11-12H2,(H,26,28)/t17-/m1/s1. The number of hydrogen-bond donors (Lipinski definition) is 1. The summed E-state index contributed by atoms with van der Waals surface area (Å²) in [6, 6.07) is 13.2. The minimum atomic E-state index is -4.40. The van der Waals surface area contributed by atoms with E-state index in [1.807, 2.05) is 0 Å². The molecule has 0 saturated heterocycles. The molecule has 154 valence electrons. The van der Waals surface area contributed by atoms with Crippen LogP contribution in [0.2, 0.25) is 0 Å². The summed E-state index contributed by atoms with van der Waals surface area (Å²) in [5, 5.41) is 6.78. The number of benzene rings is 2. The highest BCUT2D eigenvalue weighted by Gasteiger charge is 2.32. The fourth-order valence-electron chi connectivity index (χ4n) is 3.22. The minimum Gasteiger partial charge on any atom is -0.448 e. The Bertz CT molecular complexity index is 1090. The van der Waals surface area contributed by atoms with Gasteiger partial charge in [0.15, 0.2) is 6.10 Å². The summed E-state index contributed by atoms with van der Waals surface area (Å²) in [6.07, 6.45) is -3.68. The van der Waals surface area contributed by atoms with E-state index in [4.69, 9.17) is 4.74 Å². The molecule has 30 heavy (non-hydrogen) atoms. The highest BCUT2D eigenvalue weighted by Crippen LogP contribution is 2.29. The van der Waals surface area contributed by atoms with Gasteiger partial charge >= 0.3 is 12.1 Å². The summed E-state index contributed by atoms with van der Waals surface area (Å²) in [5.41, 5.74) is 1.01.